The van der Waals surface area contributed by atoms with E-state index in [0.717, 1.165) is 25.2 Å². The van der Waals surface area contributed by atoms with Crippen molar-refractivity contribution in [1.82, 2.24) is 24.3 Å². The van der Waals surface area contributed by atoms with E-state index in [4.69, 9.17) is 0 Å². The third-order valence-electron chi connectivity index (χ3n) is 6.37. The van der Waals surface area contributed by atoms with Crippen molar-refractivity contribution in [2.75, 3.05) is 42.7 Å². The summed E-state index contributed by atoms with van der Waals surface area (Å²) in [4.78, 5) is 30.0. The summed E-state index contributed by atoms with van der Waals surface area (Å²) >= 11 is 0. The van der Waals surface area contributed by atoms with Crippen LogP contribution in [0, 0.1) is 5.82 Å². The van der Waals surface area contributed by atoms with Crippen molar-refractivity contribution in [3.8, 4) is 11.3 Å². The predicted octanol–water partition coefficient (Wildman–Crippen LogP) is 3.94. The molecule has 0 bridgehead atoms. The highest BCUT2D eigenvalue weighted by Crippen LogP contribution is 2.32. The monoisotopic (exact) mass is 486 g/mol. The molecule has 1 aliphatic rings. The quantitative estimate of drug-likeness (QED) is 0.383. The minimum Gasteiger partial charge on any atom is -0.369 e. The third kappa shape index (κ3) is 4.76. The van der Waals surface area contributed by atoms with E-state index >= 15 is 0 Å². The fraction of sp³-hybridized carbons (Fsp3) is 0.231. The fourth-order valence-corrected chi connectivity index (χ4v) is 4.45. The Balaban J connectivity index is 1.45. The summed E-state index contributed by atoms with van der Waals surface area (Å²) in [6.45, 7) is 5.56. The largest absolute Gasteiger partial charge is 0.369 e. The topological polar surface area (TPSA) is 90.7 Å². The summed E-state index contributed by atoms with van der Waals surface area (Å²) < 4.78 is 15.4. The number of hydrogen-bond acceptors (Lipinski definition) is 7. The van der Waals surface area contributed by atoms with Gasteiger partial charge in [0.05, 0.1) is 11.4 Å². The molecule has 5 rings (SSSR count). The summed E-state index contributed by atoms with van der Waals surface area (Å²) in [7, 11) is 4.15. The van der Waals surface area contributed by atoms with Crippen molar-refractivity contribution in [2.24, 2.45) is 0 Å². The van der Waals surface area contributed by atoms with Gasteiger partial charge in [-0.05, 0) is 56.4 Å². The smallest absolute Gasteiger partial charge is 0.247 e. The average Bonchev–Trinajstić information content (AvgIpc) is 3.50. The number of likely N-dealkylation sites (N-methyl/N-ethyl adjacent to an activating group) is 2. The normalized spacial score (nSPS) is 15.7. The molecule has 3 heterocycles. The number of imidazole rings is 1. The molecule has 1 unspecified atom stereocenters. The van der Waals surface area contributed by atoms with Gasteiger partial charge in [-0.25, -0.2) is 14.4 Å². The summed E-state index contributed by atoms with van der Waals surface area (Å²) in [5.41, 5.74) is 3.99. The third-order valence-corrected chi connectivity index (χ3v) is 6.37. The SMILES string of the molecule is C=CC(=O)Nc1cc(Nc2ncn3cnc(-c4cccc(F)c4)c3n2)ccc1N(C)C1CCN(C)C1. The molecular formula is C26H27FN8O. The van der Waals surface area contributed by atoms with Gasteiger partial charge in [0.15, 0.2) is 5.65 Å². The van der Waals surface area contributed by atoms with E-state index in [1.54, 1.807) is 29.2 Å². The maximum Gasteiger partial charge on any atom is 0.247 e. The highest BCUT2D eigenvalue weighted by Gasteiger charge is 2.25. The van der Waals surface area contributed by atoms with Crippen LogP contribution in [0.5, 0.6) is 0 Å². The lowest BCUT2D eigenvalue weighted by Crippen LogP contribution is -2.34. The first-order valence-corrected chi connectivity index (χ1v) is 11.6. The van der Waals surface area contributed by atoms with Crippen LogP contribution in [0.3, 0.4) is 0 Å². The molecule has 1 aliphatic heterocycles. The van der Waals surface area contributed by atoms with Gasteiger partial charge in [0.25, 0.3) is 0 Å². The van der Waals surface area contributed by atoms with Crippen LogP contribution in [0.2, 0.25) is 0 Å². The highest BCUT2D eigenvalue weighted by atomic mass is 19.1. The van der Waals surface area contributed by atoms with Crippen LogP contribution in [0.25, 0.3) is 16.9 Å². The second-order valence-electron chi connectivity index (χ2n) is 8.88. The van der Waals surface area contributed by atoms with Crippen molar-refractivity contribution < 1.29 is 9.18 Å². The maximum atomic E-state index is 13.8. The number of halogens is 1. The van der Waals surface area contributed by atoms with E-state index in [-0.39, 0.29) is 11.7 Å². The van der Waals surface area contributed by atoms with Crippen molar-refractivity contribution in [1.29, 1.82) is 0 Å². The van der Waals surface area contributed by atoms with Gasteiger partial charge in [0.1, 0.15) is 24.2 Å². The number of amides is 1. The molecule has 0 spiro atoms. The minimum atomic E-state index is -0.343. The Morgan fingerprint density at radius 1 is 1.22 bits per heavy atom. The van der Waals surface area contributed by atoms with Crippen LogP contribution >= 0.6 is 0 Å². The molecule has 2 N–H and O–H groups in total. The Morgan fingerprint density at radius 3 is 2.81 bits per heavy atom. The lowest BCUT2D eigenvalue weighted by Gasteiger charge is -2.29. The van der Waals surface area contributed by atoms with Crippen molar-refractivity contribution in [2.45, 2.75) is 12.5 Å². The van der Waals surface area contributed by atoms with Crippen LogP contribution < -0.4 is 15.5 Å². The van der Waals surface area contributed by atoms with Crippen LogP contribution in [0.15, 0.2) is 67.8 Å². The molecule has 10 heteroatoms. The van der Waals surface area contributed by atoms with Gasteiger partial charge in [0, 0.05) is 30.9 Å². The van der Waals surface area contributed by atoms with Crippen LogP contribution in [0.4, 0.5) is 27.4 Å². The van der Waals surface area contributed by atoms with Crippen molar-refractivity contribution in [3.05, 3.63) is 73.6 Å². The summed E-state index contributed by atoms with van der Waals surface area (Å²) in [6.07, 6.45) is 5.49. The number of nitrogens with one attached hydrogen (secondary N) is 2. The molecule has 1 atom stereocenters. The zero-order valence-corrected chi connectivity index (χ0v) is 20.1. The van der Waals surface area contributed by atoms with Gasteiger partial charge in [-0.1, -0.05) is 18.7 Å². The number of fused-ring (bicyclic) bond motifs is 1. The lowest BCUT2D eigenvalue weighted by molar-refractivity contribution is -0.111. The maximum absolute atomic E-state index is 13.8. The molecule has 1 amide bonds. The van der Waals surface area contributed by atoms with Gasteiger partial charge in [0.2, 0.25) is 11.9 Å². The first kappa shape index (κ1) is 23.4. The number of carbonyl (C=O) groups is 1. The van der Waals surface area contributed by atoms with Gasteiger partial charge >= 0.3 is 0 Å². The second kappa shape index (κ2) is 9.74. The standard InChI is InChI=1S/C26H27FN8O/c1-4-23(36)31-21-13-19(8-9-22(21)34(3)20-10-11-33(2)14-20)30-26-29-16-35-15-28-24(25(35)32-26)17-6-5-7-18(27)12-17/h4-9,12-13,15-16,20H,1,10-11,14H2,2-3H3,(H,30,32)(H,31,36). The number of benzene rings is 2. The number of rotatable bonds is 7. The minimum absolute atomic E-state index is 0.290. The Labute approximate surface area is 208 Å². The van der Waals surface area contributed by atoms with Gasteiger partial charge in [-0.3, -0.25) is 9.20 Å². The van der Waals surface area contributed by atoms with Gasteiger partial charge in [-0.2, -0.15) is 4.98 Å². The molecule has 1 saturated heterocycles. The summed E-state index contributed by atoms with van der Waals surface area (Å²) in [6, 6.07) is 12.3. The Morgan fingerprint density at radius 2 is 2.06 bits per heavy atom. The van der Waals surface area contributed by atoms with Crippen molar-refractivity contribution >= 4 is 34.6 Å². The predicted molar refractivity (Wildman–Crippen MR) is 139 cm³/mol. The average molecular weight is 487 g/mol. The molecular weight excluding hydrogens is 459 g/mol. The molecule has 2 aromatic heterocycles. The number of likely N-dealkylation sites (tertiary alicyclic amines) is 1. The summed E-state index contributed by atoms with van der Waals surface area (Å²) in [5, 5.41) is 6.13. The van der Waals surface area contributed by atoms with Crippen LogP contribution in [-0.4, -0.2) is 63.4 Å². The van der Waals surface area contributed by atoms with Gasteiger partial charge < -0.3 is 20.4 Å². The van der Waals surface area contributed by atoms with E-state index in [1.165, 1.54) is 18.2 Å². The van der Waals surface area contributed by atoms with Crippen LogP contribution in [-0.2, 0) is 4.79 Å². The number of anilines is 4. The van der Waals surface area contributed by atoms with E-state index in [0.29, 0.717) is 40.3 Å². The zero-order chi connectivity index (χ0) is 25.2. The Kier molecular flexibility index (Phi) is 6.34. The molecule has 0 aliphatic carbocycles. The molecule has 2 aromatic carbocycles. The van der Waals surface area contributed by atoms with E-state index < -0.39 is 0 Å². The van der Waals surface area contributed by atoms with E-state index in [1.807, 2.05) is 25.2 Å². The zero-order valence-electron chi connectivity index (χ0n) is 20.1. The summed E-state index contributed by atoms with van der Waals surface area (Å²) in [5.74, 6) is -0.286. The highest BCUT2D eigenvalue weighted by molar-refractivity contribution is 6.01. The first-order valence-electron chi connectivity index (χ1n) is 11.6. The molecule has 36 heavy (non-hydrogen) atoms. The van der Waals surface area contributed by atoms with Gasteiger partial charge in [-0.15, -0.1) is 0 Å². The number of aromatic nitrogens is 4. The molecule has 0 saturated carbocycles. The first-order chi connectivity index (χ1) is 17.4. The lowest BCUT2D eigenvalue weighted by atomic mass is 10.1. The Bertz CT molecular complexity index is 1430. The molecule has 4 aromatic rings. The number of hydrogen-bond donors (Lipinski definition) is 2. The molecule has 1 fully saturated rings. The van der Waals surface area contributed by atoms with Crippen molar-refractivity contribution in [3.63, 3.8) is 0 Å². The molecule has 0 radical (unpaired) electrons. The van der Waals surface area contributed by atoms with Crippen LogP contribution in [0.1, 0.15) is 6.42 Å². The number of carbonyl (C=O) groups excluding carboxylic acids is 1. The molecule has 9 nitrogen and oxygen atoms in total. The number of nitrogens with zero attached hydrogens (tertiary/aromatic N) is 6. The second-order valence-corrected chi connectivity index (χ2v) is 8.88. The molecule has 184 valence electrons. The Hall–Kier alpha value is -4.31. The van der Waals surface area contributed by atoms with E-state index in [2.05, 4.69) is 49.0 Å². The fourth-order valence-electron chi connectivity index (χ4n) is 4.45. The van der Waals surface area contributed by atoms with E-state index in [9.17, 15) is 9.18 Å².